The molecule has 0 saturated heterocycles. The van der Waals surface area contributed by atoms with Crippen molar-refractivity contribution in [2.45, 2.75) is 46.2 Å². The van der Waals surface area contributed by atoms with Crippen molar-refractivity contribution in [1.82, 2.24) is 9.88 Å². The molecule has 204 valence electrons. The van der Waals surface area contributed by atoms with Crippen LogP contribution in [0.5, 0.6) is 5.75 Å². The Labute approximate surface area is 231 Å². The van der Waals surface area contributed by atoms with Gasteiger partial charge in [0.1, 0.15) is 12.4 Å². The van der Waals surface area contributed by atoms with E-state index >= 15 is 0 Å². The van der Waals surface area contributed by atoms with Gasteiger partial charge in [0.15, 0.2) is 0 Å². The van der Waals surface area contributed by atoms with Gasteiger partial charge in [-0.15, -0.1) is 0 Å². The minimum absolute atomic E-state index is 0.281. The van der Waals surface area contributed by atoms with Crippen molar-refractivity contribution >= 4 is 23.1 Å². The minimum atomic E-state index is -0.281. The largest absolute Gasteiger partial charge is 0.492 e. The molecule has 3 aromatic carbocycles. The van der Waals surface area contributed by atoms with Crippen molar-refractivity contribution in [1.29, 1.82) is 0 Å². The van der Waals surface area contributed by atoms with Crippen molar-refractivity contribution in [2.24, 2.45) is 4.99 Å². The number of hydrogen-bond donors (Lipinski definition) is 1. The fourth-order valence-corrected chi connectivity index (χ4v) is 4.96. The summed E-state index contributed by atoms with van der Waals surface area (Å²) in [7, 11) is 1.80. The summed E-state index contributed by atoms with van der Waals surface area (Å²) in [5.74, 6) is 0.704. The van der Waals surface area contributed by atoms with Crippen LogP contribution >= 0.6 is 0 Å². The number of rotatable bonds is 13. The van der Waals surface area contributed by atoms with Crippen LogP contribution in [0.2, 0.25) is 0 Å². The summed E-state index contributed by atoms with van der Waals surface area (Å²) in [5, 5.41) is 4.78. The quantitative estimate of drug-likeness (QED) is 0.129. The second-order valence-corrected chi connectivity index (χ2v) is 10.0. The van der Waals surface area contributed by atoms with Crippen LogP contribution in [0, 0.1) is 13.8 Å². The number of benzene rings is 3. The molecule has 39 heavy (non-hydrogen) atoms. The maximum absolute atomic E-state index is 12.2. The lowest BCUT2D eigenvalue weighted by molar-refractivity contribution is 0.0496. The van der Waals surface area contributed by atoms with Crippen molar-refractivity contribution in [2.75, 3.05) is 26.8 Å². The van der Waals surface area contributed by atoms with Crippen LogP contribution in [0.1, 0.15) is 46.0 Å². The van der Waals surface area contributed by atoms with Crippen LogP contribution in [0.15, 0.2) is 77.9 Å². The van der Waals surface area contributed by atoms with Crippen LogP contribution in [-0.2, 0) is 17.7 Å². The predicted octanol–water partition coefficient (Wildman–Crippen LogP) is 6.15. The summed E-state index contributed by atoms with van der Waals surface area (Å²) in [6, 6.07) is 22.3. The Bertz CT molecular complexity index is 1390. The lowest BCUT2D eigenvalue weighted by Gasteiger charge is -2.17. The van der Waals surface area contributed by atoms with E-state index in [1.165, 1.54) is 22.1 Å². The summed E-state index contributed by atoms with van der Waals surface area (Å²) in [4.78, 5) is 16.5. The van der Waals surface area contributed by atoms with Crippen molar-refractivity contribution in [3.05, 3.63) is 101 Å². The van der Waals surface area contributed by atoms with Crippen molar-refractivity contribution in [3.63, 3.8) is 0 Å². The Morgan fingerprint density at radius 2 is 1.79 bits per heavy atom. The van der Waals surface area contributed by atoms with Gasteiger partial charge in [-0.2, -0.15) is 0 Å². The number of esters is 1. The number of hydrogen-bond acceptors (Lipinski definition) is 5. The molecule has 1 atom stereocenters. The number of nitrogens with zero attached hydrogens (tertiary/aromatic N) is 2. The third-order valence-corrected chi connectivity index (χ3v) is 6.80. The van der Waals surface area contributed by atoms with Gasteiger partial charge in [0.2, 0.25) is 0 Å². The van der Waals surface area contributed by atoms with E-state index < -0.39 is 0 Å². The summed E-state index contributed by atoms with van der Waals surface area (Å²) in [5.41, 5.74) is 6.43. The number of aliphatic imine (C=N–C) groups is 1. The molecule has 4 rings (SSSR count). The van der Waals surface area contributed by atoms with Gasteiger partial charge in [-0.05, 0) is 80.6 Å². The molecule has 0 aliphatic carbocycles. The highest BCUT2D eigenvalue weighted by molar-refractivity contribution is 5.98. The lowest BCUT2D eigenvalue weighted by Crippen LogP contribution is -2.32. The first kappa shape index (κ1) is 28.1. The minimum Gasteiger partial charge on any atom is -0.492 e. The van der Waals surface area contributed by atoms with Gasteiger partial charge < -0.3 is 19.4 Å². The zero-order valence-corrected chi connectivity index (χ0v) is 23.4. The molecule has 0 saturated carbocycles. The predicted molar refractivity (Wildman–Crippen MR) is 159 cm³/mol. The molecule has 0 aliphatic heterocycles. The van der Waals surface area contributed by atoms with Crippen LogP contribution < -0.4 is 10.1 Å². The van der Waals surface area contributed by atoms with Crippen LogP contribution in [0.25, 0.3) is 10.9 Å². The maximum Gasteiger partial charge on any atom is 0.338 e. The van der Waals surface area contributed by atoms with Gasteiger partial charge in [0, 0.05) is 49.5 Å². The van der Waals surface area contributed by atoms with E-state index in [1.54, 1.807) is 19.2 Å². The zero-order valence-electron chi connectivity index (χ0n) is 23.4. The fraction of sp³-hybridized carbons (Fsp3) is 0.333. The van der Waals surface area contributed by atoms with Crippen molar-refractivity contribution < 1.29 is 14.3 Å². The summed E-state index contributed by atoms with van der Waals surface area (Å²) in [6.45, 7) is 8.92. The molecule has 1 N–H and O–H groups in total. The van der Waals surface area contributed by atoms with Gasteiger partial charge in [-0.3, -0.25) is 4.99 Å². The molecule has 0 unspecified atom stereocenters. The Morgan fingerprint density at radius 1 is 1.03 bits per heavy atom. The SMILES string of the molecule is CN=Cc1cc(C[C@@H](C)NCCOc2c(C)cccc2C)cc2ccn(CCCOC(=O)c3ccccc3)c12. The molecule has 1 aromatic heterocycles. The van der Waals surface area contributed by atoms with Gasteiger partial charge in [-0.1, -0.05) is 36.4 Å². The van der Waals surface area contributed by atoms with Crippen LogP contribution in [-0.4, -0.2) is 49.6 Å². The topological polar surface area (TPSA) is 64.8 Å². The number of carbonyl (C=O) groups excluding carboxylic acids is 1. The fourth-order valence-electron chi connectivity index (χ4n) is 4.96. The second kappa shape index (κ2) is 13.8. The van der Waals surface area contributed by atoms with Gasteiger partial charge in [0.25, 0.3) is 0 Å². The molecule has 0 radical (unpaired) electrons. The van der Waals surface area contributed by atoms with Gasteiger partial charge in [0.05, 0.1) is 17.7 Å². The summed E-state index contributed by atoms with van der Waals surface area (Å²) >= 11 is 0. The van der Waals surface area contributed by atoms with Gasteiger partial charge in [-0.25, -0.2) is 4.79 Å². The third-order valence-electron chi connectivity index (χ3n) is 6.80. The van der Waals surface area contributed by atoms with E-state index in [-0.39, 0.29) is 5.97 Å². The van der Waals surface area contributed by atoms with E-state index in [0.717, 1.165) is 42.8 Å². The van der Waals surface area contributed by atoms with Crippen molar-refractivity contribution in [3.8, 4) is 5.75 Å². The van der Waals surface area contributed by atoms with Crippen LogP contribution in [0.3, 0.4) is 0 Å². The molecule has 0 spiro atoms. The average molecular weight is 526 g/mol. The number of aromatic nitrogens is 1. The Balaban J connectivity index is 1.32. The monoisotopic (exact) mass is 525 g/mol. The van der Waals surface area contributed by atoms with Gasteiger partial charge >= 0.3 is 5.97 Å². The number of aryl methyl sites for hydroxylation is 3. The highest BCUT2D eigenvalue weighted by Gasteiger charge is 2.12. The highest BCUT2D eigenvalue weighted by Crippen LogP contribution is 2.24. The Morgan fingerprint density at radius 3 is 2.54 bits per heavy atom. The summed E-state index contributed by atoms with van der Waals surface area (Å²) < 4.78 is 13.7. The molecular formula is C33H39N3O3. The van der Waals surface area contributed by atoms with E-state index in [4.69, 9.17) is 9.47 Å². The third kappa shape index (κ3) is 7.58. The smallest absolute Gasteiger partial charge is 0.338 e. The molecule has 6 heteroatoms. The first-order valence-electron chi connectivity index (χ1n) is 13.6. The lowest BCUT2D eigenvalue weighted by atomic mass is 10.0. The molecular weight excluding hydrogens is 486 g/mol. The zero-order chi connectivity index (χ0) is 27.6. The Kier molecular flexibility index (Phi) is 9.92. The number of carbonyl (C=O) groups is 1. The van der Waals surface area contributed by atoms with Crippen LogP contribution in [0.4, 0.5) is 0 Å². The van der Waals surface area contributed by atoms with E-state index in [2.05, 4.69) is 78.2 Å². The number of nitrogens with one attached hydrogen (secondary N) is 1. The highest BCUT2D eigenvalue weighted by atomic mass is 16.5. The second-order valence-electron chi connectivity index (χ2n) is 10.0. The first-order chi connectivity index (χ1) is 19.0. The number of ether oxygens (including phenoxy) is 2. The first-order valence-corrected chi connectivity index (χ1v) is 13.6. The molecule has 1 heterocycles. The number of fused-ring (bicyclic) bond motifs is 1. The number of para-hydroxylation sites is 1. The maximum atomic E-state index is 12.2. The standard InChI is InChI=1S/C33H39N3O3/c1-24-10-8-11-25(2)32(24)38-19-15-35-26(3)20-27-21-29-14-17-36(31(29)30(22-27)23-34-4)16-9-18-39-33(37)28-12-6-5-7-13-28/h5-8,10-14,17,21-23,26,35H,9,15-16,18-20H2,1-4H3/t26-/m1/s1. The average Bonchev–Trinajstić information content (AvgIpc) is 3.34. The molecule has 6 nitrogen and oxygen atoms in total. The molecule has 0 amide bonds. The normalized spacial score (nSPS) is 12.2. The van der Waals surface area contributed by atoms with E-state index in [9.17, 15) is 4.79 Å². The van der Waals surface area contributed by atoms with E-state index in [1.807, 2.05) is 24.4 Å². The van der Waals surface area contributed by atoms with E-state index in [0.29, 0.717) is 24.8 Å². The summed E-state index contributed by atoms with van der Waals surface area (Å²) in [6.07, 6.45) is 5.67. The molecule has 4 aromatic rings. The molecule has 0 fully saturated rings. The molecule has 0 aliphatic rings. The molecule has 0 bridgehead atoms. The Hall–Kier alpha value is -3.90.